The van der Waals surface area contributed by atoms with Crippen LogP contribution in [0.15, 0.2) is 42.5 Å². The summed E-state index contributed by atoms with van der Waals surface area (Å²) in [6.45, 7) is 8.68. The second kappa shape index (κ2) is 12.3. The van der Waals surface area contributed by atoms with E-state index in [9.17, 15) is 9.67 Å². The number of phenolic OH excluding ortho intramolecular Hbond substituents is 1. The molecule has 0 aliphatic heterocycles. The van der Waals surface area contributed by atoms with Gasteiger partial charge in [-0.3, -0.25) is 4.57 Å². The molecule has 1 unspecified atom stereocenters. The van der Waals surface area contributed by atoms with Gasteiger partial charge in [-0.1, -0.05) is 57.0 Å². The summed E-state index contributed by atoms with van der Waals surface area (Å²) < 4.78 is 25.5. The minimum Gasteiger partial charge on any atom is -0.508 e. The highest BCUT2D eigenvalue weighted by Crippen LogP contribution is 2.63. The number of rotatable bonds is 13. The van der Waals surface area contributed by atoms with Gasteiger partial charge in [0.15, 0.2) is 0 Å². The number of aromatic hydroxyl groups is 1. The molecule has 0 aliphatic carbocycles. The summed E-state index contributed by atoms with van der Waals surface area (Å²) in [7, 11) is -3.46. The first-order valence-electron chi connectivity index (χ1n) is 11.3. The highest BCUT2D eigenvalue weighted by Gasteiger charge is 2.38. The van der Waals surface area contributed by atoms with Gasteiger partial charge in [0.1, 0.15) is 11.4 Å². The van der Waals surface area contributed by atoms with Gasteiger partial charge in [0.05, 0.1) is 13.2 Å². The lowest BCUT2D eigenvalue weighted by Crippen LogP contribution is -2.10. The molecule has 4 nitrogen and oxygen atoms in total. The molecule has 0 radical (unpaired) electrons. The lowest BCUT2D eigenvalue weighted by atomic mass is 9.95. The van der Waals surface area contributed by atoms with E-state index in [1.165, 1.54) is 11.1 Å². The molecule has 0 fully saturated rings. The van der Waals surface area contributed by atoms with E-state index in [0.29, 0.717) is 13.2 Å². The predicted octanol–water partition coefficient (Wildman–Crippen LogP) is 7.43. The highest BCUT2D eigenvalue weighted by molar-refractivity contribution is 7.54. The van der Waals surface area contributed by atoms with Crippen LogP contribution < -0.4 is 0 Å². The van der Waals surface area contributed by atoms with Crippen LogP contribution in [0.25, 0.3) is 0 Å². The largest absolute Gasteiger partial charge is 0.508 e. The SMILES string of the molecule is CCCCc1cc(CCCC)cc(C(c2ccc(O)cc2)P(=O)(OCC)OCC)c1. The van der Waals surface area contributed by atoms with Crippen molar-refractivity contribution < 1.29 is 18.7 Å². The molecule has 166 valence electrons. The predicted molar refractivity (Wildman–Crippen MR) is 124 cm³/mol. The third-order valence-corrected chi connectivity index (χ3v) is 7.64. The molecule has 0 saturated heterocycles. The molecule has 5 heteroatoms. The maximum atomic E-state index is 13.9. The molecular weight excluding hydrogens is 395 g/mol. The van der Waals surface area contributed by atoms with Gasteiger partial charge >= 0.3 is 7.60 Å². The number of unbranched alkanes of at least 4 members (excludes halogenated alkanes) is 2. The van der Waals surface area contributed by atoms with Gasteiger partial charge in [0.25, 0.3) is 0 Å². The van der Waals surface area contributed by atoms with Crippen LogP contribution in [0.5, 0.6) is 5.75 Å². The molecule has 0 aliphatic rings. The van der Waals surface area contributed by atoms with Crippen molar-refractivity contribution in [2.45, 2.75) is 71.9 Å². The van der Waals surface area contributed by atoms with Gasteiger partial charge < -0.3 is 14.2 Å². The number of benzene rings is 2. The summed E-state index contributed by atoms with van der Waals surface area (Å²) in [4.78, 5) is 0. The van der Waals surface area contributed by atoms with Crippen molar-refractivity contribution in [2.24, 2.45) is 0 Å². The minimum atomic E-state index is -3.46. The summed E-state index contributed by atoms with van der Waals surface area (Å²) in [5, 5.41) is 9.77. The van der Waals surface area contributed by atoms with E-state index in [2.05, 4.69) is 32.0 Å². The number of aryl methyl sites for hydroxylation is 2. The molecule has 0 heterocycles. The van der Waals surface area contributed by atoms with Gasteiger partial charge in [-0.25, -0.2) is 0 Å². The molecular formula is C25H37O4P. The third-order valence-electron chi connectivity index (χ3n) is 5.17. The molecule has 0 saturated carbocycles. The van der Waals surface area contributed by atoms with Crippen molar-refractivity contribution in [3.05, 3.63) is 64.7 Å². The molecule has 1 N–H and O–H groups in total. The Morgan fingerprint density at radius 1 is 0.800 bits per heavy atom. The average Bonchev–Trinajstić information content (AvgIpc) is 2.72. The van der Waals surface area contributed by atoms with Crippen LogP contribution in [-0.4, -0.2) is 18.3 Å². The first-order chi connectivity index (χ1) is 14.5. The van der Waals surface area contributed by atoms with Gasteiger partial charge in [-0.05, 0) is 73.9 Å². The molecule has 30 heavy (non-hydrogen) atoms. The van der Waals surface area contributed by atoms with Crippen molar-refractivity contribution in [1.29, 1.82) is 0 Å². The molecule has 0 spiro atoms. The Kier molecular flexibility index (Phi) is 10.1. The first-order valence-corrected chi connectivity index (χ1v) is 12.9. The second-order valence-corrected chi connectivity index (χ2v) is 9.77. The van der Waals surface area contributed by atoms with E-state index < -0.39 is 13.3 Å². The summed E-state index contributed by atoms with van der Waals surface area (Å²) >= 11 is 0. The Labute approximate surface area is 182 Å². The van der Waals surface area contributed by atoms with Crippen LogP contribution >= 0.6 is 7.60 Å². The van der Waals surface area contributed by atoms with Gasteiger partial charge in [-0.2, -0.15) is 0 Å². The average molecular weight is 433 g/mol. The fraction of sp³-hybridized carbons (Fsp3) is 0.520. The number of phenols is 1. The summed E-state index contributed by atoms with van der Waals surface area (Å²) in [6, 6.07) is 13.5. The van der Waals surface area contributed by atoms with Crippen LogP contribution in [0.3, 0.4) is 0 Å². The van der Waals surface area contributed by atoms with Crippen molar-refractivity contribution in [2.75, 3.05) is 13.2 Å². The van der Waals surface area contributed by atoms with E-state index in [0.717, 1.165) is 49.7 Å². The van der Waals surface area contributed by atoms with Crippen molar-refractivity contribution in [3.63, 3.8) is 0 Å². The second-order valence-electron chi connectivity index (χ2n) is 7.66. The Hall–Kier alpha value is -1.61. The third kappa shape index (κ3) is 6.70. The monoisotopic (exact) mass is 432 g/mol. The summed E-state index contributed by atoms with van der Waals surface area (Å²) in [5.74, 6) is 0.181. The van der Waals surface area contributed by atoms with E-state index in [4.69, 9.17) is 9.05 Å². The number of hydrogen-bond acceptors (Lipinski definition) is 4. The van der Waals surface area contributed by atoms with Crippen molar-refractivity contribution >= 4 is 7.60 Å². The van der Waals surface area contributed by atoms with E-state index in [1.807, 2.05) is 26.0 Å². The lowest BCUT2D eigenvalue weighted by Gasteiger charge is -2.28. The Morgan fingerprint density at radius 2 is 1.30 bits per heavy atom. The molecule has 1 atom stereocenters. The first kappa shape index (κ1) is 24.7. The smallest absolute Gasteiger partial charge is 0.342 e. The van der Waals surface area contributed by atoms with Crippen LogP contribution in [0.4, 0.5) is 0 Å². The molecule has 2 aromatic rings. The summed E-state index contributed by atoms with van der Waals surface area (Å²) in [6.07, 6.45) is 6.50. The van der Waals surface area contributed by atoms with E-state index in [1.54, 1.807) is 12.1 Å². The molecule has 0 aromatic heterocycles. The van der Waals surface area contributed by atoms with Gasteiger partial charge in [0.2, 0.25) is 0 Å². The van der Waals surface area contributed by atoms with Gasteiger partial charge in [0, 0.05) is 0 Å². The fourth-order valence-electron chi connectivity index (χ4n) is 3.76. The lowest BCUT2D eigenvalue weighted by molar-refractivity contribution is 0.215. The standard InChI is InChI=1S/C25H37O4P/c1-5-9-11-20-17-21(12-10-6-2)19-23(18-20)25(22-13-15-24(26)16-14-22)30(27,28-7-3)29-8-4/h13-19,25-26H,5-12H2,1-4H3. The normalized spacial score (nSPS) is 12.8. The number of hydrogen-bond donors (Lipinski definition) is 1. The summed E-state index contributed by atoms with van der Waals surface area (Å²) in [5.41, 5.74) is 3.80. The minimum absolute atomic E-state index is 0.181. The van der Waals surface area contributed by atoms with Crippen LogP contribution in [0.2, 0.25) is 0 Å². The molecule has 0 amide bonds. The molecule has 2 rings (SSSR count). The fourth-order valence-corrected chi connectivity index (χ4v) is 5.90. The quantitative estimate of drug-likeness (QED) is 0.334. The van der Waals surface area contributed by atoms with Crippen LogP contribution in [0, 0.1) is 0 Å². The zero-order valence-corrected chi connectivity index (χ0v) is 19.8. The van der Waals surface area contributed by atoms with E-state index >= 15 is 0 Å². The van der Waals surface area contributed by atoms with Crippen molar-refractivity contribution in [3.8, 4) is 5.75 Å². The highest BCUT2D eigenvalue weighted by atomic mass is 31.2. The van der Waals surface area contributed by atoms with E-state index in [-0.39, 0.29) is 5.75 Å². The van der Waals surface area contributed by atoms with Gasteiger partial charge in [-0.15, -0.1) is 0 Å². The van der Waals surface area contributed by atoms with Crippen LogP contribution in [-0.2, 0) is 26.5 Å². The molecule has 2 aromatic carbocycles. The zero-order valence-electron chi connectivity index (χ0n) is 18.9. The van der Waals surface area contributed by atoms with Crippen LogP contribution in [0.1, 0.15) is 81.3 Å². The molecule has 0 bridgehead atoms. The zero-order chi connectivity index (χ0) is 22.0. The van der Waals surface area contributed by atoms with Crippen molar-refractivity contribution in [1.82, 2.24) is 0 Å². The maximum absolute atomic E-state index is 13.9. The maximum Gasteiger partial charge on any atom is 0.342 e. The Morgan fingerprint density at radius 3 is 1.73 bits per heavy atom. The topological polar surface area (TPSA) is 55.8 Å². The Balaban J connectivity index is 2.63. The Bertz CT molecular complexity index is 780.